The minimum atomic E-state index is 0.666. The lowest BCUT2D eigenvalue weighted by molar-refractivity contribution is 1.07. The normalized spacial score (nSPS) is 11.3. The fourth-order valence-electron chi connectivity index (χ4n) is 4.96. The van der Waals surface area contributed by atoms with Crippen molar-refractivity contribution in [3.05, 3.63) is 127 Å². The molecule has 38 heavy (non-hydrogen) atoms. The van der Waals surface area contributed by atoms with E-state index in [1.807, 2.05) is 6.07 Å². The lowest BCUT2D eigenvalue weighted by Gasteiger charge is -2.11. The van der Waals surface area contributed by atoms with Crippen LogP contribution in [0.15, 0.2) is 122 Å². The number of rotatable bonds is 4. The van der Waals surface area contributed by atoms with Crippen molar-refractivity contribution in [1.29, 1.82) is 0 Å². The van der Waals surface area contributed by atoms with Gasteiger partial charge in [0.25, 0.3) is 0 Å². The highest BCUT2D eigenvalue weighted by molar-refractivity contribution is 7.26. The monoisotopic (exact) mass is 505 g/mol. The first-order valence-corrected chi connectivity index (χ1v) is 13.4. The Labute approximate surface area is 225 Å². The number of thiophene rings is 1. The fourth-order valence-corrected chi connectivity index (χ4v) is 6.17. The lowest BCUT2D eigenvalue weighted by atomic mass is 9.95. The molecule has 0 spiro atoms. The van der Waals surface area contributed by atoms with Gasteiger partial charge in [0.2, 0.25) is 0 Å². The maximum absolute atomic E-state index is 5.00. The largest absolute Gasteiger partial charge is 0.217 e. The zero-order valence-corrected chi connectivity index (χ0v) is 21.6. The zero-order chi connectivity index (χ0) is 25.5. The highest BCUT2D eigenvalue weighted by atomic mass is 32.1. The van der Waals surface area contributed by atoms with Gasteiger partial charge in [-0.2, -0.15) is 0 Å². The molecule has 0 aliphatic rings. The second kappa shape index (κ2) is 9.33. The van der Waals surface area contributed by atoms with Crippen LogP contribution in [0.5, 0.6) is 0 Å². The van der Waals surface area contributed by atoms with Crippen molar-refractivity contribution in [2.45, 2.75) is 6.92 Å². The van der Waals surface area contributed by atoms with E-state index in [1.54, 1.807) is 17.7 Å². The van der Waals surface area contributed by atoms with Crippen LogP contribution in [0.2, 0.25) is 0 Å². The van der Waals surface area contributed by atoms with Crippen molar-refractivity contribution in [2.75, 3.05) is 0 Å². The molecule has 0 unspecified atom stereocenters. The predicted molar refractivity (Wildman–Crippen MR) is 159 cm³/mol. The van der Waals surface area contributed by atoms with Crippen LogP contribution in [0.1, 0.15) is 5.56 Å². The number of hydrogen-bond donors (Lipinski definition) is 0. The molecule has 0 radical (unpaired) electrons. The van der Waals surface area contributed by atoms with Gasteiger partial charge in [-0.3, -0.25) is 0 Å². The van der Waals surface area contributed by atoms with Crippen molar-refractivity contribution < 1.29 is 0 Å². The predicted octanol–water partition coefficient (Wildman–Crippen LogP) is 9.22. The Morgan fingerprint density at radius 2 is 1.18 bits per heavy atom. The van der Waals surface area contributed by atoms with Gasteiger partial charge in [0.15, 0.2) is 11.6 Å². The quantitative estimate of drug-likeness (QED) is 0.239. The highest BCUT2D eigenvalue weighted by Crippen LogP contribution is 2.39. The number of aryl methyl sites for hydroxylation is 1. The van der Waals surface area contributed by atoms with E-state index in [4.69, 9.17) is 4.98 Å². The van der Waals surface area contributed by atoms with Crippen LogP contribution in [0.3, 0.4) is 0 Å². The topological polar surface area (TPSA) is 38.7 Å². The molecule has 0 atom stereocenters. The molecule has 2 aromatic heterocycles. The molecule has 0 saturated heterocycles. The van der Waals surface area contributed by atoms with Crippen molar-refractivity contribution in [2.24, 2.45) is 0 Å². The Morgan fingerprint density at radius 3 is 2.00 bits per heavy atom. The molecule has 4 heteroatoms. The molecule has 7 aromatic rings. The van der Waals surface area contributed by atoms with E-state index in [9.17, 15) is 0 Å². The summed E-state index contributed by atoms with van der Waals surface area (Å²) in [6, 6.07) is 40.6. The first-order valence-electron chi connectivity index (χ1n) is 12.6. The summed E-state index contributed by atoms with van der Waals surface area (Å²) >= 11 is 1.78. The van der Waals surface area contributed by atoms with Crippen molar-refractivity contribution in [3.63, 3.8) is 0 Å². The minimum absolute atomic E-state index is 0.666. The van der Waals surface area contributed by atoms with E-state index in [1.165, 1.54) is 31.3 Å². The Kier molecular flexibility index (Phi) is 5.53. The molecular formula is C34H23N3S. The third kappa shape index (κ3) is 4.05. The van der Waals surface area contributed by atoms with Gasteiger partial charge in [-0.05, 0) is 59.5 Å². The Balaban J connectivity index is 1.39. The summed E-state index contributed by atoms with van der Waals surface area (Å²) in [5, 5.41) is 2.50. The van der Waals surface area contributed by atoms with Gasteiger partial charge >= 0.3 is 0 Å². The Morgan fingerprint density at radius 1 is 0.526 bits per heavy atom. The minimum Gasteiger partial charge on any atom is -0.217 e. The maximum Gasteiger partial charge on any atom is 0.164 e. The Bertz CT molecular complexity index is 1920. The number of hydrogen-bond acceptors (Lipinski definition) is 4. The van der Waals surface area contributed by atoms with Crippen LogP contribution in [-0.2, 0) is 0 Å². The van der Waals surface area contributed by atoms with E-state index < -0.39 is 0 Å². The molecule has 2 heterocycles. The van der Waals surface area contributed by atoms with Gasteiger partial charge in [-0.1, -0.05) is 90.5 Å². The van der Waals surface area contributed by atoms with E-state index in [-0.39, 0.29) is 0 Å². The second-order valence-corrected chi connectivity index (χ2v) is 10.5. The molecule has 180 valence electrons. The van der Waals surface area contributed by atoms with Gasteiger partial charge in [0.05, 0.1) is 0 Å². The van der Waals surface area contributed by atoms with Gasteiger partial charge in [-0.25, -0.2) is 15.0 Å². The van der Waals surface area contributed by atoms with E-state index >= 15 is 0 Å². The molecular weight excluding hydrogens is 482 g/mol. The van der Waals surface area contributed by atoms with Crippen LogP contribution < -0.4 is 0 Å². The van der Waals surface area contributed by atoms with Gasteiger partial charge in [-0.15, -0.1) is 11.3 Å². The third-order valence-electron chi connectivity index (χ3n) is 6.90. The summed E-state index contributed by atoms with van der Waals surface area (Å²) in [7, 11) is 0. The second-order valence-electron chi connectivity index (χ2n) is 9.44. The van der Waals surface area contributed by atoms with E-state index in [2.05, 4.69) is 126 Å². The summed E-state index contributed by atoms with van der Waals surface area (Å²) in [4.78, 5) is 14.2. The third-order valence-corrected chi connectivity index (χ3v) is 8.12. The number of aromatic nitrogens is 3. The summed E-state index contributed by atoms with van der Waals surface area (Å²) < 4.78 is 2.46. The standard InChI is InChI=1S/C34H23N3S/c1-22-14-16-24(17-15-22)26-18-25(23-8-3-2-4-9-23)19-27(20-26)33-35-21-36-34(37-33)30-12-7-11-29-28-10-5-6-13-31(28)38-32(29)30/h2-21H,1H3. The van der Waals surface area contributed by atoms with Gasteiger partial charge in [0, 0.05) is 31.3 Å². The summed E-state index contributed by atoms with van der Waals surface area (Å²) in [6.45, 7) is 2.11. The van der Waals surface area contributed by atoms with Crippen LogP contribution in [-0.4, -0.2) is 15.0 Å². The van der Waals surface area contributed by atoms with Crippen LogP contribution in [0.25, 0.3) is 65.2 Å². The summed E-state index contributed by atoms with van der Waals surface area (Å²) in [5.74, 6) is 1.36. The Hall–Kier alpha value is -4.67. The van der Waals surface area contributed by atoms with Crippen LogP contribution in [0, 0.1) is 6.92 Å². The van der Waals surface area contributed by atoms with Crippen LogP contribution >= 0.6 is 11.3 Å². The first-order chi connectivity index (χ1) is 18.7. The average Bonchev–Trinajstić information content (AvgIpc) is 3.37. The van der Waals surface area contributed by atoms with Crippen molar-refractivity contribution in [1.82, 2.24) is 15.0 Å². The molecule has 0 fully saturated rings. The molecule has 5 aromatic carbocycles. The highest BCUT2D eigenvalue weighted by Gasteiger charge is 2.14. The first kappa shape index (κ1) is 22.5. The lowest BCUT2D eigenvalue weighted by Crippen LogP contribution is -1.96. The van der Waals surface area contributed by atoms with Gasteiger partial charge in [0.1, 0.15) is 6.33 Å². The van der Waals surface area contributed by atoms with Gasteiger partial charge < -0.3 is 0 Å². The van der Waals surface area contributed by atoms with E-state index in [0.29, 0.717) is 11.6 Å². The molecule has 0 aliphatic heterocycles. The number of nitrogens with zero attached hydrogens (tertiary/aromatic N) is 3. The van der Waals surface area contributed by atoms with Crippen LogP contribution in [0.4, 0.5) is 0 Å². The smallest absolute Gasteiger partial charge is 0.164 e. The number of benzene rings is 5. The maximum atomic E-state index is 5.00. The molecule has 0 saturated carbocycles. The summed E-state index contributed by atoms with van der Waals surface area (Å²) in [6.07, 6.45) is 1.63. The van der Waals surface area contributed by atoms with E-state index in [0.717, 1.165) is 27.8 Å². The average molecular weight is 506 g/mol. The van der Waals surface area contributed by atoms with Crippen molar-refractivity contribution in [3.8, 4) is 45.0 Å². The molecule has 7 rings (SSSR count). The molecule has 0 bridgehead atoms. The fraction of sp³-hybridized carbons (Fsp3) is 0.0294. The number of fused-ring (bicyclic) bond motifs is 3. The van der Waals surface area contributed by atoms with Crippen molar-refractivity contribution >= 4 is 31.5 Å². The SMILES string of the molecule is Cc1ccc(-c2cc(-c3ccccc3)cc(-c3ncnc(-c4cccc5c4sc4ccccc45)n3)c2)cc1. The molecule has 0 aliphatic carbocycles. The molecule has 0 N–H and O–H groups in total. The zero-order valence-electron chi connectivity index (χ0n) is 20.8. The molecule has 3 nitrogen and oxygen atoms in total. The molecule has 0 amide bonds. The summed E-state index contributed by atoms with van der Waals surface area (Å²) in [5.41, 5.74) is 7.83.